The predicted octanol–water partition coefficient (Wildman–Crippen LogP) is 7.86. The number of imidazole rings is 1. The van der Waals surface area contributed by atoms with Crippen LogP contribution >= 0.6 is 0 Å². The van der Waals surface area contributed by atoms with Crippen LogP contribution in [0.5, 0.6) is 0 Å². The molecular formula is C35H32CoF3N12O6S-. The van der Waals surface area contributed by atoms with Gasteiger partial charge < -0.3 is 29.7 Å². The van der Waals surface area contributed by atoms with Gasteiger partial charge in [-0.15, -0.1) is 15.3 Å². The average molecular weight is 865 g/mol. The molecule has 2 aliphatic heterocycles. The first-order chi connectivity index (χ1) is 27.1. The molecule has 0 fully saturated rings. The molecule has 1 radical (unpaired) electrons. The Morgan fingerprint density at radius 2 is 1.64 bits per heavy atom. The quantitative estimate of drug-likeness (QED) is 0.122. The second-order valence-electron chi connectivity index (χ2n) is 12.2. The fourth-order valence-electron chi connectivity index (χ4n) is 6.17. The van der Waals surface area contributed by atoms with E-state index in [0.717, 1.165) is 55.2 Å². The van der Waals surface area contributed by atoms with Crippen molar-refractivity contribution < 1.29 is 58.2 Å². The van der Waals surface area contributed by atoms with Gasteiger partial charge in [0.05, 0.1) is 11.3 Å². The summed E-state index contributed by atoms with van der Waals surface area (Å²) < 4.78 is 64.4. The molecule has 6 rings (SSSR count). The Morgan fingerprint density at radius 1 is 0.948 bits per heavy atom. The molecule has 58 heavy (non-hydrogen) atoms. The number of rotatable bonds is 11. The Kier molecular flexibility index (Phi) is 14.3. The Balaban J connectivity index is 0.000000253. The molecule has 4 heterocycles. The van der Waals surface area contributed by atoms with Gasteiger partial charge in [-0.25, -0.2) is 23.0 Å². The largest absolute Gasteiger partial charge is 0.568 e. The number of azo groups is 2. The Bertz CT molecular complexity index is 2430. The van der Waals surface area contributed by atoms with E-state index in [0.29, 0.717) is 25.2 Å². The smallest absolute Gasteiger partial charge is 0.483 e. The van der Waals surface area contributed by atoms with Gasteiger partial charge in [-0.2, -0.15) is 33.8 Å². The number of halogens is 3. The number of benzene rings is 2. The van der Waals surface area contributed by atoms with E-state index in [1.54, 1.807) is 17.0 Å². The van der Waals surface area contributed by atoms with Gasteiger partial charge in [0.1, 0.15) is 17.8 Å². The normalized spacial score (nSPS) is 13.4. The first-order valence-corrected chi connectivity index (χ1v) is 18.6. The Hall–Kier alpha value is -6.43. The van der Waals surface area contributed by atoms with Gasteiger partial charge in [-0.05, 0) is 81.0 Å². The number of H-pyrrole nitrogens is 1. The number of pyridine rings is 1. The van der Waals surface area contributed by atoms with E-state index in [1.807, 2.05) is 19.9 Å². The van der Waals surface area contributed by atoms with Crippen LogP contribution < -0.4 is 9.80 Å². The number of nitriles is 2. The van der Waals surface area contributed by atoms with Gasteiger partial charge in [-0.3, -0.25) is 0 Å². The van der Waals surface area contributed by atoms with Crippen LogP contribution in [0.1, 0.15) is 70.1 Å². The van der Waals surface area contributed by atoms with E-state index in [2.05, 4.69) is 45.0 Å². The first kappa shape index (κ1) is 44.3. The molecule has 4 aromatic rings. The maximum atomic E-state index is 12.8. The van der Waals surface area contributed by atoms with Crippen LogP contribution in [0.4, 0.5) is 53.4 Å². The number of nitrogens with zero attached hydrogens (tertiary/aromatic N) is 11. The van der Waals surface area contributed by atoms with E-state index in [4.69, 9.17) is 15.6 Å². The maximum absolute atomic E-state index is 12.8. The molecule has 0 aliphatic carbocycles. The van der Waals surface area contributed by atoms with Crippen LogP contribution in [-0.4, -0.2) is 77.2 Å². The minimum absolute atomic E-state index is 0. The van der Waals surface area contributed by atoms with Crippen LogP contribution in [0.2, 0.25) is 0 Å². The Labute approximate surface area is 339 Å². The van der Waals surface area contributed by atoms with Gasteiger partial charge >= 0.3 is 17.4 Å². The molecule has 0 amide bonds. The van der Waals surface area contributed by atoms with Crippen molar-refractivity contribution in [1.29, 1.82) is 10.5 Å². The zero-order chi connectivity index (χ0) is 41.5. The molecular weight excluding hydrogens is 832 g/mol. The molecule has 2 aromatic heterocycles. The van der Waals surface area contributed by atoms with E-state index < -0.39 is 33.2 Å². The van der Waals surface area contributed by atoms with Gasteiger partial charge in [0.2, 0.25) is 5.95 Å². The molecule has 3 N–H and O–H groups in total. The van der Waals surface area contributed by atoms with Gasteiger partial charge in [0.25, 0.3) is 0 Å². The van der Waals surface area contributed by atoms with E-state index in [9.17, 15) is 36.3 Å². The van der Waals surface area contributed by atoms with Crippen molar-refractivity contribution >= 4 is 62.2 Å². The summed E-state index contributed by atoms with van der Waals surface area (Å²) in [6.45, 7) is 6.58. The number of carbonyl (C=O) groups is 2. The number of aromatic amines is 1. The third kappa shape index (κ3) is 9.92. The first-order valence-electron chi connectivity index (χ1n) is 17.1. The molecule has 0 unspecified atom stereocenters. The summed E-state index contributed by atoms with van der Waals surface area (Å²) in [5, 5.41) is 52.1. The molecule has 0 spiro atoms. The summed E-state index contributed by atoms with van der Waals surface area (Å²) in [5.74, 6) is -2.48. The number of hydrogen-bond acceptors (Lipinski definition) is 14. The van der Waals surface area contributed by atoms with Crippen molar-refractivity contribution in [2.45, 2.75) is 45.0 Å². The summed E-state index contributed by atoms with van der Waals surface area (Å²) >= 11 is 0. The number of alkyl halides is 3. The number of aromatic nitrogens is 3. The molecule has 0 atom stereocenters. The van der Waals surface area contributed by atoms with E-state index in [-0.39, 0.29) is 62.6 Å². The van der Waals surface area contributed by atoms with Crippen molar-refractivity contribution in [1.82, 2.24) is 15.0 Å². The summed E-state index contributed by atoms with van der Waals surface area (Å²) in [4.78, 5) is 37.1. The third-order valence-electron chi connectivity index (χ3n) is 8.69. The fraction of sp³-hybridized carbons (Fsp3) is 0.314. The van der Waals surface area contributed by atoms with Crippen LogP contribution in [0, 0.1) is 22.7 Å². The zero-order valence-corrected chi connectivity index (χ0v) is 32.4. The topological polar surface area (TPSA) is 268 Å². The minimum Gasteiger partial charge on any atom is -0.568 e. The number of hydrogen-bond donors (Lipinski definition) is 3. The second-order valence-corrected chi connectivity index (χ2v) is 13.8. The van der Waals surface area contributed by atoms with Crippen molar-refractivity contribution in [2.75, 3.05) is 36.0 Å². The van der Waals surface area contributed by atoms with Crippen LogP contribution in [0.25, 0.3) is 4.72 Å². The molecule has 18 nitrogen and oxygen atoms in total. The second kappa shape index (κ2) is 18.7. The van der Waals surface area contributed by atoms with Crippen molar-refractivity contribution in [3.63, 3.8) is 0 Å². The zero-order valence-electron chi connectivity index (χ0n) is 30.5. The average Bonchev–Trinajstić information content (AvgIpc) is 3.59. The number of carboxylic acids is 2. The SMILES string of the molecule is CCN(CC)c1ccc(N=Nc2cccc(C(=O)O)n2)c([N-]S(=O)(=O)C(F)(F)F)c1.N#Cc1nc(N=Nc2cc3c4c(c2C(=O)O)CCCN4CCC3)[nH]c1C#N.[Co]. The monoisotopic (exact) mass is 864 g/mol. The van der Waals surface area contributed by atoms with E-state index >= 15 is 0 Å². The number of sulfonamides is 1. The summed E-state index contributed by atoms with van der Waals surface area (Å²) in [6.07, 6.45) is 3.49. The standard InChI is InChI=1S/C18H15N7O2.C17H18F3N5O4S.Co/c19-8-13-14(9-20)22-18(21-13)24-23-12-7-10-3-1-5-25-6-2-4-11(16(10)25)15(12)17(26)27;1-3-25(4-2)11-8-9-12(14(10-11)24-30(28,29)17(18,19)20)22-23-15-7-5-6-13(21-15)16(26)27;/h7H,1-6H2,(H,21,22)(H,26,27);5-10H,3-4H2,1-2H3,(H2,21,23,24,26,27);/p-1. The molecule has 0 saturated carbocycles. The molecule has 23 heteroatoms. The van der Waals surface area contributed by atoms with E-state index in [1.165, 1.54) is 30.3 Å². The summed E-state index contributed by atoms with van der Waals surface area (Å²) in [5.41, 5.74) is -2.96. The van der Waals surface area contributed by atoms with Gasteiger partial charge in [0, 0.05) is 54.3 Å². The minimum atomic E-state index is -5.82. The number of carboxylic acid groups (broad SMARTS) is 2. The van der Waals surface area contributed by atoms with Crippen LogP contribution in [0.3, 0.4) is 0 Å². The summed E-state index contributed by atoms with van der Waals surface area (Å²) in [6, 6.07) is 13.3. The van der Waals surface area contributed by atoms with Crippen molar-refractivity contribution in [3.8, 4) is 12.1 Å². The Morgan fingerprint density at radius 3 is 2.24 bits per heavy atom. The molecule has 0 saturated heterocycles. The molecule has 2 aliphatic rings. The third-order valence-corrected chi connectivity index (χ3v) is 9.71. The maximum Gasteiger partial charge on any atom is 0.483 e. The predicted molar refractivity (Wildman–Crippen MR) is 198 cm³/mol. The fourth-order valence-corrected chi connectivity index (χ4v) is 6.68. The van der Waals surface area contributed by atoms with Gasteiger partial charge in [-0.1, -0.05) is 17.8 Å². The van der Waals surface area contributed by atoms with Crippen LogP contribution in [0.15, 0.2) is 62.9 Å². The van der Waals surface area contributed by atoms with Crippen molar-refractivity contribution in [2.24, 2.45) is 20.5 Å². The van der Waals surface area contributed by atoms with Crippen LogP contribution in [-0.2, 0) is 39.6 Å². The number of anilines is 2. The molecule has 2 aromatic carbocycles. The summed E-state index contributed by atoms with van der Waals surface area (Å²) in [7, 11) is -5.82. The number of nitrogens with one attached hydrogen (secondary N) is 1. The number of aryl methyl sites for hydroxylation is 1. The molecule has 0 bridgehead atoms. The van der Waals surface area contributed by atoms with Crippen molar-refractivity contribution in [3.05, 3.63) is 81.0 Å². The number of aromatic carboxylic acids is 2. The van der Waals surface area contributed by atoms with Gasteiger partial charge in [0.15, 0.2) is 32.9 Å². The molecule has 305 valence electrons.